The van der Waals surface area contributed by atoms with Crippen molar-refractivity contribution in [2.24, 2.45) is 5.84 Å². The largest absolute Gasteiger partial charge is 0.351 e. The molecule has 0 fully saturated rings. The van der Waals surface area contributed by atoms with Gasteiger partial charge in [0.1, 0.15) is 5.82 Å². The highest BCUT2D eigenvalue weighted by molar-refractivity contribution is 7.84. The number of nitrogens with zero attached hydrogens (tertiary/aromatic N) is 1. The van der Waals surface area contributed by atoms with Gasteiger partial charge in [0.05, 0.1) is 0 Å². The van der Waals surface area contributed by atoms with Crippen molar-refractivity contribution in [3.8, 4) is 0 Å². The van der Waals surface area contributed by atoms with Crippen LogP contribution >= 0.6 is 0 Å². The number of hydrazine groups is 1. The van der Waals surface area contributed by atoms with Crippen molar-refractivity contribution in [1.29, 1.82) is 0 Å². The molecule has 0 aliphatic rings. The lowest BCUT2D eigenvalue weighted by Crippen LogP contribution is -2.28. The molecule has 4 N–H and O–H groups in total. The monoisotopic (exact) mass is 298 g/mol. The van der Waals surface area contributed by atoms with Gasteiger partial charge in [-0.25, -0.2) is 10.8 Å². The SMILES string of the molecule is CCS(=O)CCNC(=O)c1cc(NN)nc(C(C)C)c1. The molecule has 1 unspecified atom stereocenters. The number of carbonyl (C=O) groups excluding carboxylic acids is 1. The fourth-order valence-corrected chi connectivity index (χ4v) is 2.20. The zero-order valence-corrected chi connectivity index (χ0v) is 12.9. The molecule has 6 nitrogen and oxygen atoms in total. The molecule has 7 heteroatoms. The summed E-state index contributed by atoms with van der Waals surface area (Å²) in [6.45, 7) is 6.24. The van der Waals surface area contributed by atoms with E-state index in [2.05, 4.69) is 15.7 Å². The molecule has 112 valence electrons. The van der Waals surface area contributed by atoms with E-state index in [-0.39, 0.29) is 11.8 Å². The van der Waals surface area contributed by atoms with E-state index in [0.29, 0.717) is 29.4 Å². The molecular formula is C13H22N4O2S. The van der Waals surface area contributed by atoms with Gasteiger partial charge in [-0.3, -0.25) is 9.00 Å². The van der Waals surface area contributed by atoms with Crippen LogP contribution in [0.3, 0.4) is 0 Å². The van der Waals surface area contributed by atoms with E-state index < -0.39 is 10.8 Å². The van der Waals surface area contributed by atoms with E-state index in [1.54, 1.807) is 12.1 Å². The first-order valence-electron chi connectivity index (χ1n) is 6.59. The van der Waals surface area contributed by atoms with E-state index in [4.69, 9.17) is 5.84 Å². The molecule has 1 atom stereocenters. The molecule has 1 amide bonds. The van der Waals surface area contributed by atoms with Crippen LogP contribution in [0.15, 0.2) is 12.1 Å². The molecular weight excluding hydrogens is 276 g/mol. The van der Waals surface area contributed by atoms with Gasteiger partial charge in [-0.2, -0.15) is 0 Å². The number of hydrogen-bond donors (Lipinski definition) is 3. The Hall–Kier alpha value is -1.47. The van der Waals surface area contributed by atoms with E-state index in [1.165, 1.54) is 0 Å². The highest BCUT2D eigenvalue weighted by Crippen LogP contribution is 2.17. The van der Waals surface area contributed by atoms with Crippen LogP contribution in [0.4, 0.5) is 5.82 Å². The average molecular weight is 298 g/mol. The number of hydrogen-bond acceptors (Lipinski definition) is 5. The second-order valence-electron chi connectivity index (χ2n) is 4.65. The smallest absolute Gasteiger partial charge is 0.251 e. The summed E-state index contributed by atoms with van der Waals surface area (Å²) in [5.74, 6) is 6.87. The lowest BCUT2D eigenvalue weighted by atomic mass is 10.1. The van der Waals surface area contributed by atoms with Gasteiger partial charge in [0, 0.05) is 40.1 Å². The van der Waals surface area contributed by atoms with Gasteiger partial charge in [-0.15, -0.1) is 0 Å². The summed E-state index contributed by atoms with van der Waals surface area (Å²) in [6.07, 6.45) is 0. The zero-order valence-electron chi connectivity index (χ0n) is 12.1. The Kier molecular flexibility index (Phi) is 6.60. The molecule has 1 aromatic heterocycles. The second kappa shape index (κ2) is 7.96. The number of nitrogen functional groups attached to an aromatic ring is 1. The minimum absolute atomic E-state index is 0.197. The molecule has 1 aromatic rings. The Morgan fingerprint density at radius 3 is 2.70 bits per heavy atom. The van der Waals surface area contributed by atoms with Crippen molar-refractivity contribution in [2.75, 3.05) is 23.5 Å². The number of aromatic nitrogens is 1. The van der Waals surface area contributed by atoms with Crippen molar-refractivity contribution < 1.29 is 9.00 Å². The minimum atomic E-state index is -0.877. The molecule has 0 bridgehead atoms. The summed E-state index contributed by atoms with van der Waals surface area (Å²) in [6, 6.07) is 3.34. The predicted octanol–water partition coefficient (Wildman–Crippen LogP) is 0.989. The highest BCUT2D eigenvalue weighted by atomic mass is 32.2. The van der Waals surface area contributed by atoms with Crippen molar-refractivity contribution >= 4 is 22.5 Å². The fourth-order valence-electron chi connectivity index (χ4n) is 1.58. The third kappa shape index (κ3) is 4.90. The average Bonchev–Trinajstić information content (AvgIpc) is 2.46. The van der Waals surface area contributed by atoms with E-state index in [9.17, 15) is 9.00 Å². The van der Waals surface area contributed by atoms with Crippen LogP contribution in [0.5, 0.6) is 0 Å². The minimum Gasteiger partial charge on any atom is -0.351 e. The Labute approximate surface area is 122 Å². The van der Waals surface area contributed by atoms with Crippen molar-refractivity contribution in [1.82, 2.24) is 10.3 Å². The molecule has 1 heterocycles. The molecule has 0 aromatic carbocycles. The summed E-state index contributed by atoms with van der Waals surface area (Å²) in [4.78, 5) is 16.3. The summed E-state index contributed by atoms with van der Waals surface area (Å²) in [5, 5.41) is 2.75. The molecule has 0 spiro atoms. The van der Waals surface area contributed by atoms with Gasteiger partial charge in [-0.1, -0.05) is 20.8 Å². The number of carbonyl (C=O) groups is 1. The molecule has 0 radical (unpaired) electrons. The highest BCUT2D eigenvalue weighted by Gasteiger charge is 2.11. The van der Waals surface area contributed by atoms with Crippen LogP contribution in [0.2, 0.25) is 0 Å². The predicted molar refractivity (Wildman–Crippen MR) is 82.0 cm³/mol. The van der Waals surface area contributed by atoms with Gasteiger partial charge < -0.3 is 10.7 Å². The Morgan fingerprint density at radius 1 is 1.45 bits per heavy atom. The second-order valence-corrected chi connectivity index (χ2v) is 6.52. The molecule has 0 saturated carbocycles. The molecule has 0 aliphatic carbocycles. The van der Waals surface area contributed by atoms with Gasteiger partial charge in [0.15, 0.2) is 0 Å². The third-order valence-electron chi connectivity index (χ3n) is 2.78. The number of nitrogens with one attached hydrogen (secondary N) is 2. The van der Waals surface area contributed by atoms with Crippen molar-refractivity contribution in [3.63, 3.8) is 0 Å². The third-order valence-corrected chi connectivity index (χ3v) is 4.09. The molecule has 1 rings (SSSR count). The Bertz CT molecular complexity index is 491. The van der Waals surface area contributed by atoms with Crippen LogP contribution < -0.4 is 16.6 Å². The lowest BCUT2D eigenvalue weighted by molar-refractivity contribution is 0.0956. The summed E-state index contributed by atoms with van der Waals surface area (Å²) in [7, 11) is -0.877. The van der Waals surface area contributed by atoms with Crippen LogP contribution in [-0.2, 0) is 10.8 Å². The van der Waals surface area contributed by atoms with Gasteiger partial charge >= 0.3 is 0 Å². The normalized spacial score (nSPS) is 12.2. The number of amides is 1. The summed E-state index contributed by atoms with van der Waals surface area (Å²) < 4.78 is 11.3. The molecule has 0 saturated heterocycles. The topological polar surface area (TPSA) is 97.1 Å². The first-order chi connectivity index (χ1) is 9.47. The zero-order chi connectivity index (χ0) is 15.1. The maximum absolute atomic E-state index is 12.1. The summed E-state index contributed by atoms with van der Waals surface area (Å²) >= 11 is 0. The van der Waals surface area contributed by atoms with E-state index in [0.717, 1.165) is 5.69 Å². The van der Waals surface area contributed by atoms with E-state index in [1.807, 2.05) is 20.8 Å². The Balaban J connectivity index is 2.76. The van der Waals surface area contributed by atoms with Crippen LogP contribution in [-0.4, -0.2) is 33.2 Å². The number of rotatable bonds is 7. The fraction of sp³-hybridized carbons (Fsp3) is 0.538. The number of anilines is 1. The first-order valence-corrected chi connectivity index (χ1v) is 8.08. The van der Waals surface area contributed by atoms with Crippen LogP contribution in [0, 0.1) is 0 Å². The van der Waals surface area contributed by atoms with Crippen LogP contribution in [0.25, 0.3) is 0 Å². The van der Waals surface area contributed by atoms with Gasteiger partial charge in [-0.05, 0) is 18.1 Å². The Morgan fingerprint density at radius 2 is 2.15 bits per heavy atom. The van der Waals surface area contributed by atoms with Gasteiger partial charge in [0.2, 0.25) is 0 Å². The van der Waals surface area contributed by atoms with Crippen molar-refractivity contribution in [2.45, 2.75) is 26.7 Å². The quantitative estimate of drug-likeness (QED) is 0.515. The lowest BCUT2D eigenvalue weighted by Gasteiger charge is -2.11. The molecule has 0 aliphatic heterocycles. The van der Waals surface area contributed by atoms with Crippen molar-refractivity contribution in [3.05, 3.63) is 23.4 Å². The maximum Gasteiger partial charge on any atom is 0.251 e. The molecule has 20 heavy (non-hydrogen) atoms. The van der Waals surface area contributed by atoms with E-state index >= 15 is 0 Å². The first kappa shape index (κ1) is 16.6. The summed E-state index contributed by atoms with van der Waals surface area (Å²) in [5.41, 5.74) is 3.75. The number of nitrogens with two attached hydrogens (primary N) is 1. The maximum atomic E-state index is 12.1. The van der Waals surface area contributed by atoms with Crippen LogP contribution in [0.1, 0.15) is 42.7 Å². The van der Waals surface area contributed by atoms with Gasteiger partial charge in [0.25, 0.3) is 5.91 Å². The standard InChI is InChI=1S/C13H22N4O2S/c1-4-20(19)6-5-15-13(18)10-7-11(9(2)3)16-12(8-10)17-14/h7-9H,4-6,14H2,1-3H3,(H,15,18)(H,16,17). The number of pyridine rings is 1.